The molecule has 0 saturated carbocycles. The standard InChI is InChI=1S/C16H14Cl2N2/c1-11-4-2-3-5-14(11)20-15-10-12(18)6-7-13(15)19-16(20)8-9-17/h2-7,10H,8-9H2,1H3. The second-order valence-electron chi connectivity index (χ2n) is 4.72. The van der Waals surface area contributed by atoms with Crippen LogP contribution >= 0.6 is 23.2 Å². The SMILES string of the molecule is Cc1ccccc1-n1c(CCCl)nc2ccc(Cl)cc21. The number of nitrogens with zero attached hydrogens (tertiary/aromatic N) is 2. The van der Waals surface area contributed by atoms with E-state index in [1.165, 1.54) is 5.56 Å². The van der Waals surface area contributed by atoms with Crippen LogP contribution in [-0.4, -0.2) is 15.4 Å². The van der Waals surface area contributed by atoms with Gasteiger partial charge in [-0.15, -0.1) is 11.6 Å². The minimum absolute atomic E-state index is 0.545. The van der Waals surface area contributed by atoms with Crippen LogP contribution in [0.3, 0.4) is 0 Å². The highest BCUT2D eigenvalue weighted by Gasteiger charge is 2.13. The summed E-state index contributed by atoms with van der Waals surface area (Å²) in [4.78, 5) is 4.68. The van der Waals surface area contributed by atoms with Crippen LogP contribution in [0.1, 0.15) is 11.4 Å². The number of benzene rings is 2. The molecule has 0 radical (unpaired) electrons. The lowest BCUT2D eigenvalue weighted by molar-refractivity contribution is 0.907. The molecule has 0 aliphatic carbocycles. The van der Waals surface area contributed by atoms with Crippen LogP contribution < -0.4 is 0 Å². The van der Waals surface area contributed by atoms with E-state index in [1.54, 1.807) is 0 Å². The van der Waals surface area contributed by atoms with Gasteiger partial charge in [-0.25, -0.2) is 4.98 Å². The molecule has 0 saturated heterocycles. The van der Waals surface area contributed by atoms with Crippen LogP contribution in [0.5, 0.6) is 0 Å². The van der Waals surface area contributed by atoms with E-state index < -0.39 is 0 Å². The zero-order valence-corrected chi connectivity index (χ0v) is 12.6. The van der Waals surface area contributed by atoms with Crippen molar-refractivity contribution < 1.29 is 0 Å². The van der Waals surface area contributed by atoms with Gasteiger partial charge in [-0.05, 0) is 36.8 Å². The van der Waals surface area contributed by atoms with Crippen LogP contribution in [0, 0.1) is 6.92 Å². The van der Waals surface area contributed by atoms with Gasteiger partial charge in [0.1, 0.15) is 5.82 Å². The van der Waals surface area contributed by atoms with Crippen LogP contribution in [0.4, 0.5) is 0 Å². The van der Waals surface area contributed by atoms with E-state index in [9.17, 15) is 0 Å². The van der Waals surface area contributed by atoms with E-state index in [-0.39, 0.29) is 0 Å². The van der Waals surface area contributed by atoms with Gasteiger partial charge in [0.25, 0.3) is 0 Å². The van der Waals surface area contributed by atoms with Gasteiger partial charge in [-0.2, -0.15) is 0 Å². The molecule has 0 aliphatic rings. The zero-order valence-electron chi connectivity index (χ0n) is 11.1. The summed E-state index contributed by atoms with van der Waals surface area (Å²) >= 11 is 12.1. The number of para-hydroxylation sites is 1. The summed E-state index contributed by atoms with van der Waals surface area (Å²) in [5.41, 5.74) is 4.28. The monoisotopic (exact) mass is 304 g/mol. The topological polar surface area (TPSA) is 17.8 Å². The number of aryl methyl sites for hydroxylation is 2. The van der Waals surface area contributed by atoms with Crippen LogP contribution in [-0.2, 0) is 6.42 Å². The summed E-state index contributed by atoms with van der Waals surface area (Å²) in [6.07, 6.45) is 0.724. The van der Waals surface area contributed by atoms with Gasteiger partial charge >= 0.3 is 0 Å². The lowest BCUT2D eigenvalue weighted by Crippen LogP contribution is -2.03. The number of aromatic nitrogens is 2. The van der Waals surface area contributed by atoms with Crippen molar-refractivity contribution in [1.29, 1.82) is 0 Å². The number of rotatable bonds is 3. The van der Waals surface area contributed by atoms with Crippen molar-refractivity contribution in [2.45, 2.75) is 13.3 Å². The Balaban J connectivity index is 2.34. The number of fused-ring (bicyclic) bond motifs is 1. The van der Waals surface area contributed by atoms with E-state index in [2.05, 4.69) is 28.6 Å². The van der Waals surface area contributed by atoms with Gasteiger partial charge in [-0.3, -0.25) is 4.57 Å². The van der Waals surface area contributed by atoms with E-state index in [1.807, 2.05) is 30.3 Å². The molecule has 0 bridgehead atoms. The molecule has 0 unspecified atom stereocenters. The fraction of sp³-hybridized carbons (Fsp3) is 0.188. The lowest BCUT2D eigenvalue weighted by Gasteiger charge is -2.11. The lowest BCUT2D eigenvalue weighted by atomic mass is 10.2. The fourth-order valence-electron chi connectivity index (χ4n) is 2.43. The smallest absolute Gasteiger partial charge is 0.115 e. The Hall–Kier alpha value is -1.51. The van der Waals surface area contributed by atoms with E-state index in [0.717, 1.165) is 29.0 Å². The molecule has 2 aromatic carbocycles. The quantitative estimate of drug-likeness (QED) is 0.637. The molecule has 1 aromatic heterocycles. The third-order valence-electron chi connectivity index (χ3n) is 3.36. The Labute approximate surface area is 128 Å². The first-order valence-electron chi connectivity index (χ1n) is 6.49. The molecule has 0 N–H and O–H groups in total. The molecule has 3 aromatic rings. The van der Waals surface area contributed by atoms with Gasteiger partial charge in [0.05, 0.1) is 16.7 Å². The van der Waals surface area contributed by atoms with Crippen molar-refractivity contribution in [2.75, 3.05) is 5.88 Å². The average molecular weight is 305 g/mol. The second kappa shape index (κ2) is 5.47. The summed E-state index contributed by atoms with van der Waals surface area (Å²) < 4.78 is 2.15. The number of halogens is 2. The number of imidazole rings is 1. The number of hydrogen-bond donors (Lipinski definition) is 0. The predicted octanol–water partition coefficient (Wildman–Crippen LogP) is 4.77. The molecule has 1 heterocycles. The largest absolute Gasteiger partial charge is 0.296 e. The van der Waals surface area contributed by atoms with Crippen molar-refractivity contribution in [3.05, 3.63) is 58.9 Å². The van der Waals surface area contributed by atoms with Crippen molar-refractivity contribution in [1.82, 2.24) is 9.55 Å². The summed E-state index contributed by atoms with van der Waals surface area (Å²) in [6, 6.07) is 14.0. The first-order chi connectivity index (χ1) is 9.70. The zero-order chi connectivity index (χ0) is 14.1. The van der Waals surface area contributed by atoms with Crippen LogP contribution in [0.2, 0.25) is 5.02 Å². The molecule has 0 spiro atoms. The maximum Gasteiger partial charge on any atom is 0.115 e. The Kier molecular flexibility index (Phi) is 3.68. The van der Waals surface area contributed by atoms with Crippen molar-refractivity contribution in [2.24, 2.45) is 0 Å². The highest BCUT2D eigenvalue weighted by atomic mass is 35.5. The van der Waals surface area contributed by atoms with Gasteiger partial charge < -0.3 is 0 Å². The third-order valence-corrected chi connectivity index (χ3v) is 3.78. The Morgan fingerprint density at radius 2 is 1.95 bits per heavy atom. The van der Waals surface area contributed by atoms with E-state index in [4.69, 9.17) is 23.2 Å². The minimum atomic E-state index is 0.545. The van der Waals surface area contributed by atoms with Crippen molar-refractivity contribution in [3.8, 4) is 5.69 Å². The summed E-state index contributed by atoms with van der Waals surface area (Å²) in [5.74, 6) is 1.51. The third kappa shape index (κ3) is 2.30. The first kappa shape index (κ1) is 13.5. The van der Waals surface area contributed by atoms with Crippen molar-refractivity contribution in [3.63, 3.8) is 0 Å². The maximum atomic E-state index is 6.14. The minimum Gasteiger partial charge on any atom is -0.296 e. The first-order valence-corrected chi connectivity index (χ1v) is 7.41. The fourth-order valence-corrected chi connectivity index (χ4v) is 2.77. The molecular formula is C16H14Cl2N2. The number of alkyl halides is 1. The van der Waals surface area contributed by atoms with E-state index >= 15 is 0 Å². The molecule has 102 valence electrons. The van der Waals surface area contributed by atoms with Gasteiger partial charge in [0, 0.05) is 17.3 Å². The second-order valence-corrected chi connectivity index (χ2v) is 5.54. The number of hydrogen-bond acceptors (Lipinski definition) is 1. The Bertz CT molecular complexity index is 762. The summed E-state index contributed by atoms with van der Waals surface area (Å²) in [6.45, 7) is 2.09. The van der Waals surface area contributed by atoms with E-state index in [0.29, 0.717) is 10.9 Å². The van der Waals surface area contributed by atoms with Crippen LogP contribution in [0.15, 0.2) is 42.5 Å². The molecule has 0 fully saturated rings. The molecular weight excluding hydrogens is 291 g/mol. The van der Waals surface area contributed by atoms with Gasteiger partial charge in [-0.1, -0.05) is 29.8 Å². The molecule has 0 atom stereocenters. The van der Waals surface area contributed by atoms with Crippen molar-refractivity contribution >= 4 is 34.2 Å². The van der Waals surface area contributed by atoms with Crippen LogP contribution in [0.25, 0.3) is 16.7 Å². The summed E-state index contributed by atoms with van der Waals surface area (Å²) in [5, 5.41) is 0.713. The predicted molar refractivity (Wildman–Crippen MR) is 85.2 cm³/mol. The molecule has 3 rings (SSSR count). The van der Waals surface area contributed by atoms with Gasteiger partial charge in [0.2, 0.25) is 0 Å². The highest BCUT2D eigenvalue weighted by molar-refractivity contribution is 6.31. The molecule has 20 heavy (non-hydrogen) atoms. The molecule has 4 heteroatoms. The maximum absolute atomic E-state index is 6.14. The average Bonchev–Trinajstić information content (AvgIpc) is 2.77. The Morgan fingerprint density at radius 1 is 1.15 bits per heavy atom. The summed E-state index contributed by atoms with van der Waals surface area (Å²) in [7, 11) is 0. The Morgan fingerprint density at radius 3 is 2.70 bits per heavy atom. The molecule has 2 nitrogen and oxygen atoms in total. The highest BCUT2D eigenvalue weighted by Crippen LogP contribution is 2.26. The normalized spacial score (nSPS) is 11.2. The molecule has 0 amide bonds. The van der Waals surface area contributed by atoms with Gasteiger partial charge in [0.15, 0.2) is 0 Å². The molecule has 0 aliphatic heterocycles.